The summed E-state index contributed by atoms with van der Waals surface area (Å²) in [6, 6.07) is 1.85. The number of halogens is 4. The van der Waals surface area contributed by atoms with Crippen LogP contribution >= 0.6 is 38.5 Å². The monoisotopic (exact) mass is 372 g/mol. The Morgan fingerprint density at radius 3 is 2.79 bits per heavy atom. The predicted octanol–water partition coefficient (Wildman–Crippen LogP) is 3.45. The van der Waals surface area contributed by atoms with Gasteiger partial charge < -0.3 is 0 Å². The first-order chi connectivity index (χ1) is 6.57. The molecule has 0 saturated heterocycles. The van der Waals surface area contributed by atoms with Crippen LogP contribution in [0.1, 0.15) is 17.6 Å². The van der Waals surface area contributed by atoms with Gasteiger partial charge in [0.2, 0.25) is 0 Å². The molecule has 2 nitrogen and oxygen atoms in total. The summed E-state index contributed by atoms with van der Waals surface area (Å²) in [5.41, 5.74) is 0.170. The molecule has 0 saturated carbocycles. The van der Waals surface area contributed by atoms with E-state index in [4.69, 9.17) is 5.26 Å². The van der Waals surface area contributed by atoms with Gasteiger partial charge in [0.25, 0.3) is 6.43 Å². The van der Waals surface area contributed by atoms with Crippen molar-refractivity contribution >= 4 is 38.5 Å². The van der Waals surface area contributed by atoms with Gasteiger partial charge in [-0.3, -0.25) is 0 Å². The summed E-state index contributed by atoms with van der Waals surface area (Å²) >= 11 is 4.84. The van der Waals surface area contributed by atoms with Crippen molar-refractivity contribution < 1.29 is 8.78 Å². The van der Waals surface area contributed by atoms with Gasteiger partial charge in [0.1, 0.15) is 3.70 Å². The Morgan fingerprint density at radius 2 is 2.29 bits per heavy atom. The smallest absolute Gasteiger partial charge is 0.249 e. The largest absolute Gasteiger partial charge is 0.265 e. The van der Waals surface area contributed by atoms with Gasteiger partial charge in [-0.15, -0.1) is 0 Å². The van der Waals surface area contributed by atoms with E-state index >= 15 is 0 Å². The lowest BCUT2D eigenvalue weighted by molar-refractivity contribution is 0.149. The average molecular weight is 373 g/mol. The van der Waals surface area contributed by atoms with E-state index in [9.17, 15) is 8.78 Å². The van der Waals surface area contributed by atoms with Gasteiger partial charge in [-0.2, -0.15) is 5.26 Å². The van der Waals surface area contributed by atoms with E-state index in [1.54, 1.807) is 0 Å². The van der Waals surface area contributed by atoms with E-state index in [1.807, 2.05) is 28.7 Å². The maximum atomic E-state index is 12.6. The minimum Gasteiger partial charge on any atom is -0.249 e. The van der Waals surface area contributed by atoms with Crippen LogP contribution in [0.3, 0.4) is 0 Å². The Bertz CT molecular complexity index is 390. The highest BCUT2D eigenvalue weighted by molar-refractivity contribution is 14.1. The molecule has 0 amide bonds. The Kier molecular flexibility index (Phi) is 4.19. The summed E-state index contributed by atoms with van der Waals surface area (Å²) in [4.78, 5) is 3.90. The maximum absolute atomic E-state index is 12.6. The standard InChI is InChI=1S/C8H4BrF2IN2/c9-5-3-14-8(12)4(1-2-13)6(5)7(10)11/h3,7H,1H2. The Balaban J connectivity index is 3.35. The zero-order valence-corrected chi connectivity index (χ0v) is 10.5. The van der Waals surface area contributed by atoms with E-state index in [0.717, 1.165) is 0 Å². The Hall–Kier alpha value is -0.290. The zero-order valence-electron chi connectivity index (χ0n) is 6.77. The van der Waals surface area contributed by atoms with Crippen molar-refractivity contribution in [2.24, 2.45) is 0 Å². The molecule has 0 fully saturated rings. The normalized spacial score (nSPS) is 10.3. The van der Waals surface area contributed by atoms with Gasteiger partial charge in [0.15, 0.2) is 0 Å². The first kappa shape index (κ1) is 11.8. The third-order valence-electron chi connectivity index (χ3n) is 1.60. The Morgan fingerprint density at radius 1 is 1.64 bits per heavy atom. The molecule has 0 radical (unpaired) electrons. The molecule has 14 heavy (non-hydrogen) atoms. The topological polar surface area (TPSA) is 36.7 Å². The van der Waals surface area contributed by atoms with Crippen LogP contribution in [0.4, 0.5) is 8.78 Å². The fourth-order valence-corrected chi connectivity index (χ4v) is 2.13. The molecule has 1 aromatic heterocycles. The highest BCUT2D eigenvalue weighted by atomic mass is 127. The van der Waals surface area contributed by atoms with Gasteiger partial charge in [-0.05, 0) is 38.5 Å². The second kappa shape index (κ2) is 4.98. The molecule has 0 spiro atoms. The van der Waals surface area contributed by atoms with Crippen molar-refractivity contribution in [3.05, 3.63) is 25.5 Å². The van der Waals surface area contributed by atoms with Crippen LogP contribution < -0.4 is 0 Å². The molecule has 0 aliphatic heterocycles. The third-order valence-corrected chi connectivity index (χ3v) is 3.16. The van der Waals surface area contributed by atoms with Crippen LogP contribution in [0, 0.1) is 15.0 Å². The number of rotatable bonds is 2. The molecule has 0 aliphatic carbocycles. The van der Waals surface area contributed by atoms with Crippen molar-refractivity contribution in [3.63, 3.8) is 0 Å². The lowest BCUT2D eigenvalue weighted by Gasteiger charge is -2.09. The predicted molar refractivity (Wildman–Crippen MR) is 58.9 cm³/mol. The minimum absolute atomic E-state index is 0.0512. The van der Waals surface area contributed by atoms with Gasteiger partial charge in [-0.25, -0.2) is 13.8 Å². The molecule has 6 heteroatoms. The van der Waals surface area contributed by atoms with Gasteiger partial charge in [0.05, 0.1) is 12.5 Å². The summed E-state index contributed by atoms with van der Waals surface area (Å²) in [7, 11) is 0. The van der Waals surface area contributed by atoms with Crippen molar-refractivity contribution in [3.8, 4) is 6.07 Å². The molecule has 1 rings (SSSR count). The molecule has 0 N–H and O–H groups in total. The summed E-state index contributed by atoms with van der Waals surface area (Å²) in [5, 5.41) is 8.50. The molecule has 0 aliphatic rings. The summed E-state index contributed by atoms with van der Waals surface area (Å²) in [5.74, 6) is 0. The molecule has 74 valence electrons. The van der Waals surface area contributed by atoms with Crippen molar-refractivity contribution in [2.45, 2.75) is 12.8 Å². The lowest BCUT2D eigenvalue weighted by atomic mass is 10.1. The van der Waals surface area contributed by atoms with E-state index < -0.39 is 6.43 Å². The zero-order chi connectivity index (χ0) is 10.7. The second-order valence-electron chi connectivity index (χ2n) is 2.42. The Labute approximate surface area is 102 Å². The van der Waals surface area contributed by atoms with Crippen LogP contribution in [-0.2, 0) is 6.42 Å². The summed E-state index contributed by atoms with van der Waals surface area (Å²) in [6.07, 6.45) is -1.32. The minimum atomic E-state index is -2.59. The fraction of sp³-hybridized carbons (Fsp3) is 0.250. The number of hydrogen-bond acceptors (Lipinski definition) is 2. The molecule has 0 unspecified atom stereocenters. The van der Waals surface area contributed by atoms with Crippen LogP contribution in [0.15, 0.2) is 10.7 Å². The summed E-state index contributed by atoms with van der Waals surface area (Å²) < 4.78 is 25.9. The van der Waals surface area contributed by atoms with Crippen molar-refractivity contribution in [1.29, 1.82) is 5.26 Å². The first-order valence-electron chi connectivity index (χ1n) is 3.55. The van der Waals surface area contributed by atoms with E-state index in [2.05, 4.69) is 20.9 Å². The van der Waals surface area contributed by atoms with Gasteiger partial charge in [-0.1, -0.05) is 0 Å². The molecule has 1 heterocycles. The highest BCUT2D eigenvalue weighted by Crippen LogP contribution is 2.32. The fourth-order valence-electron chi connectivity index (χ4n) is 0.999. The van der Waals surface area contributed by atoms with Crippen LogP contribution in [0.5, 0.6) is 0 Å². The number of aromatic nitrogens is 1. The molecule has 1 aromatic rings. The number of alkyl halides is 2. The molecule has 0 aromatic carbocycles. The van der Waals surface area contributed by atoms with E-state index in [0.29, 0.717) is 9.26 Å². The number of hydrogen-bond donors (Lipinski definition) is 0. The van der Waals surface area contributed by atoms with Gasteiger partial charge >= 0.3 is 0 Å². The maximum Gasteiger partial charge on any atom is 0.265 e. The second-order valence-corrected chi connectivity index (χ2v) is 4.30. The SMILES string of the molecule is N#CCc1c(I)ncc(Br)c1C(F)F. The van der Waals surface area contributed by atoms with Crippen LogP contribution in [0.25, 0.3) is 0 Å². The van der Waals surface area contributed by atoms with E-state index in [-0.39, 0.29) is 16.5 Å². The van der Waals surface area contributed by atoms with Crippen LogP contribution in [-0.4, -0.2) is 4.98 Å². The number of pyridine rings is 1. The van der Waals surface area contributed by atoms with Crippen molar-refractivity contribution in [2.75, 3.05) is 0 Å². The van der Waals surface area contributed by atoms with E-state index in [1.165, 1.54) is 6.20 Å². The highest BCUT2D eigenvalue weighted by Gasteiger charge is 2.19. The molecular weight excluding hydrogens is 369 g/mol. The number of nitrogens with zero attached hydrogens (tertiary/aromatic N) is 2. The van der Waals surface area contributed by atoms with Gasteiger partial charge in [0, 0.05) is 21.8 Å². The molecule has 0 atom stereocenters. The van der Waals surface area contributed by atoms with Crippen LogP contribution in [0.2, 0.25) is 0 Å². The molecular formula is C8H4BrF2IN2. The lowest BCUT2D eigenvalue weighted by Crippen LogP contribution is -2.01. The number of nitriles is 1. The third kappa shape index (κ3) is 2.39. The summed E-state index contributed by atoms with van der Waals surface area (Å²) in [6.45, 7) is 0. The quantitative estimate of drug-likeness (QED) is 0.589. The molecule has 0 bridgehead atoms. The average Bonchev–Trinajstić information content (AvgIpc) is 2.11. The first-order valence-corrected chi connectivity index (χ1v) is 5.43. The van der Waals surface area contributed by atoms with Crippen molar-refractivity contribution in [1.82, 2.24) is 4.98 Å².